The zero-order chi connectivity index (χ0) is 7.28. The molecule has 2 heteroatoms. The van der Waals surface area contributed by atoms with Gasteiger partial charge in [0.15, 0.2) is 0 Å². The van der Waals surface area contributed by atoms with E-state index in [1.807, 2.05) is 6.92 Å². The van der Waals surface area contributed by atoms with Crippen LogP contribution in [0.3, 0.4) is 0 Å². The Morgan fingerprint density at radius 2 is 2.22 bits per heavy atom. The number of hydrogen-bond acceptors (Lipinski definition) is 1. The molecule has 0 bridgehead atoms. The minimum Gasteiger partial charge on any atom is -0.346 e. The molecule has 0 rings (SSSR count). The lowest BCUT2D eigenvalue weighted by Crippen LogP contribution is -2.25. The molecule has 0 aliphatic rings. The molecule has 0 aromatic rings. The van der Waals surface area contributed by atoms with Crippen molar-refractivity contribution < 1.29 is 4.79 Å². The Kier molecular flexibility index (Phi) is 4.10. The van der Waals surface area contributed by atoms with Crippen LogP contribution in [0.15, 0.2) is 0 Å². The van der Waals surface area contributed by atoms with Crippen LogP contribution in [0.5, 0.6) is 0 Å². The number of carbonyl (C=O) groups is 1. The van der Waals surface area contributed by atoms with Crippen molar-refractivity contribution in [3.63, 3.8) is 0 Å². The minimum absolute atomic E-state index is 0.188. The van der Waals surface area contributed by atoms with E-state index in [0.717, 1.165) is 6.54 Å². The molecule has 0 heterocycles. The van der Waals surface area contributed by atoms with Crippen LogP contribution in [0.2, 0.25) is 0 Å². The van der Waals surface area contributed by atoms with Crippen molar-refractivity contribution in [2.75, 3.05) is 13.6 Å². The van der Waals surface area contributed by atoms with Gasteiger partial charge in [-0.1, -0.05) is 6.92 Å². The third kappa shape index (κ3) is 3.12. The first-order chi connectivity index (χ1) is 4.22. The van der Waals surface area contributed by atoms with Gasteiger partial charge < -0.3 is 4.90 Å². The highest BCUT2D eigenvalue weighted by molar-refractivity contribution is 5.75. The molecule has 53 valence electrons. The number of carbonyl (C=O) groups excluding carboxylic acids is 1. The molecule has 0 atom stereocenters. The monoisotopic (exact) mass is 128 g/mol. The number of rotatable bonds is 3. The van der Waals surface area contributed by atoms with E-state index in [1.54, 1.807) is 11.9 Å². The molecule has 0 saturated heterocycles. The molecule has 2 nitrogen and oxygen atoms in total. The van der Waals surface area contributed by atoms with Crippen LogP contribution < -0.4 is 0 Å². The van der Waals surface area contributed by atoms with Gasteiger partial charge in [0.2, 0.25) is 5.91 Å². The average Bonchev–Trinajstić information content (AvgIpc) is 1.87. The number of amides is 1. The van der Waals surface area contributed by atoms with Crippen LogP contribution in [0.25, 0.3) is 0 Å². The lowest BCUT2D eigenvalue weighted by atomic mass is 10.3. The van der Waals surface area contributed by atoms with E-state index < -0.39 is 0 Å². The summed E-state index contributed by atoms with van der Waals surface area (Å²) in [5.41, 5.74) is 0. The molecule has 0 aromatic carbocycles. The molecule has 0 saturated carbocycles. The van der Waals surface area contributed by atoms with Gasteiger partial charge in [0.1, 0.15) is 0 Å². The van der Waals surface area contributed by atoms with Gasteiger partial charge in [-0.2, -0.15) is 0 Å². The van der Waals surface area contributed by atoms with E-state index in [0.29, 0.717) is 12.8 Å². The van der Waals surface area contributed by atoms with Crippen molar-refractivity contribution in [3.05, 3.63) is 6.92 Å². The zero-order valence-electron chi connectivity index (χ0n) is 6.18. The van der Waals surface area contributed by atoms with E-state index in [9.17, 15) is 4.79 Å². The molecule has 0 N–H and O–H groups in total. The molecule has 1 radical (unpaired) electrons. The van der Waals surface area contributed by atoms with Gasteiger partial charge in [-0.15, -0.1) is 0 Å². The fourth-order valence-corrected chi connectivity index (χ4v) is 0.518. The van der Waals surface area contributed by atoms with Gasteiger partial charge >= 0.3 is 0 Å². The van der Waals surface area contributed by atoms with Crippen molar-refractivity contribution in [2.24, 2.45) is 0 Å². The van der Waals surface area contributed by atoms with Crippen LogP contribution >= 0.6 is 0 Å². The lowest BCUT2D eigenvalue weighted by molar-refractivity contribution is -0.129. The SMILES string of the molecule is [CH2]CCC(=O)N(C)CC. The molecule has 0 fully saturated rings. The second kappa shape index (κ2) is 4.36. The largest absolute Gasteiger partial charge is 0.346 e. The molecule has 0 aliphatic heterocycles. The van der Waals surface area contributed by atoms with Crippen molar-refractivity contribution in [2.45, 2.75) is 19.8 Å². The molecule has 9 heavy (non-hydrogen) atoms. The van der Waals surface area contributed by atoms with Crippen molar-refractivity contribution in [1.82, 2.24) is 4.90 Å². The van der Waals surface area contributed by atoms with Gasteiger partial charge in [0.25, 0.3) is 0 Å². The first kappa shape index (κ1) is 8.47. The van der Waals surface area contributed by atoms with E-state index in [4.69, 9.17) is 0 Å². The van der Waals surface area contributed by atoms with E-state index in [-0.39, 0.29) is 5.91 Å². The van der Waals surface area contributed by atoms with Crippen LogP contribution in [0.4, 0.5) is 0 Å². The predicted octanol–water partition coefficient (Wildman–Crippen LogP) is 1.08. The topological polar surface area (TPSA) is 20.3 Å². The van der Waals surface area contributed by atoms with Gasteiger partial charge in [0, 0.05) is 20.0 Å². The third-order valence-corrected chi connectivity index (χ3v) is 1.29. The normalized spacial score (nSPS) is 9.22. The highest BCUT2D eigenvalue weighted by Crippen LogP contribution is 1.92. The highest BCUT2D eigenvalue weighted by atomic mass is 16.2. The fraction of sp³-hybridized carbons (Fsp3) is 0.714. The summed E-state index contributed by atoms with van der Waals surface area (Å²) in [7, 11) is 1.80. The third-order valence-electron chi connectivity index (χ3n) is 1.29. The Morgan fingerprint density at radius 1 is 1.67 bits per heavy atom. The van der Waals surface area contributed by atoms with Gasteiger partial charge in [-0.05, 0) is 13.3 Å². The Morgan fingerprint density at radius 3 is 2.56 bits per heavy atom. The summed E-state index contributed by atoms with van der Waals surface area (Å²) < 4.78 is 0. The summed E-state index contributed by atoms with van der Waals surface area (Å²) in [6, 6.07) is 0. The first-order valence-corrected chi connectivity index (χ1v) is 3.25. The summed E-state index contributed by atoms with van der Waals surface area (Å²) in [5.74, 6) is 0.188. The van der Waals surface area contributed by atoms with Crippen molar-refractivity contribution in [1.29, 1.82) is 0 Å². The first-order valence-electron chi connectivity index (χ1n) is 3.25. The summed E-state index contributed by atoms with van der Waals surface area (Å²) >= 11 is 0. The predicted molar refractivity (Wildman–Crippen MR) is 37.9 cm³/mol. The number of nitrogens with zero attached hydrogens (tertiary/aromatic N) is 1. The standard InChI is InChI=1S/C7H14NO/c1-4-6-7(9)8(3)5-2/h1,4-6H2,2-3H3. The summed E-state index contributed by atoms with van der Waals surface area (Å²) in [4.78, 5) is 12.6. The molecular weight excluding hydrogens is 114 g/mol. The smallest absolute Gasteiger partial charge is 0.222 e. The second-order valence-corrected chi connectivity index (χ2v) is 2.01. The molecule has 0 unspecified atom stereocenters. The maximum absolute atomic E-state index is 10.9. The molecule has 0 aliphatic carbocycles. The van der Waals surface area contributed by atoms with E-state index >= 15 is 0 Å². The lowest BCUT2D eigenvalue weighted by Gasteiger charge is -2.12. The maximum atomic E-state index is 10.9. The average molecular weight is 128 g/mol. The fourth-order valence-electron chi connectivity index (χ4n) is 0.518. The summed E-state index contributed by atoms with van der Waals surface area (Å²) in [6.45, 7) is 6.34. The minimum atomic E-state index is 0.188. The maximum Gasteiger partial charge on any atom is 0.222 e. The van der Waals surface area contributed by atoms with Crippen molar-refractivity contribution in [3.8, 4) is 0 Å². The Balaban J connectivity index is 3.46. The molecular formula is C7H14NO. The van der Waals surface area contributed by atoms with Crippen LogP contribution in [-0.4, -0.2) is 24.4 Å². The Labute approximate surface area is 56.9 Å². The second-order valence-electron chi connectivity index (χ2n) is 2.01. The van der Waals surface area contributed by atoms with Gasteiger partial charge in [0.05, 0.1) is 0 Å². The Hall–Kier alpha value is -0.530. The van der Waals surface area contributed by atoms with E-state index in [1.165, 1.54) is 0 Å². The summed E-state index contributed by atoms with van der Waals surface area (Å²) in [5, 5.41) is 0. The van der Waals surface area contributed by atoms with Gasteiger partial charge in [-0.25, -0.2) is 0 Å². The number of hydrogen-bond donors (Lipinski definition) is 0. The molecule has 0 aromatic heterocycles. The van der Waals surface area contributed by atoms with Gasteiger partial charge in [-0.3, -0.25) is 4.79 Å². The van der Waals surface area contributed by atoms with Crippen molar-refractivity contribution >= 4 is 5.91 Å². The van der Waals surface area contributed by atoms with E-state index in [2.05, 4.69) is 6.92 Å². The molecule has 1 amide bonds. The quantitative estimate of drug-likeness (QED) is 0.557. The summed E-state index contributed by atoms with van der Waals surface area (Å²) in [6.07, 6.45) is 1.27. The van der Waals surface area contributed by atoms with Crippen LogP contribution in [0.1, 0.15) is 19.8 Å². The van der Waals surface area contributed by atoms with Crippen LogP contribution in [-0.2, 0) is 4.79 Å². The van der Waals surface area contributed by atoms with Crippen LogP contribution in [0, 0.1) is 6.92 Å². The zero-order valence-corrected chi connectivity index (χ0v) is 6.18. The molecule has 0 spiro atoms. The Bertz CT molecular complexity index is 90.9. The highest BCUT2D eigenvalue weighted by Gasteiger charge is 2.02.